The standard InChI is InChI=1S/C17H12BrFN6/c18-11-4-1-5-13-10(11)3-2-6-24(13)16-15-12(19)7-20-8-14(15)25-9-21-23-17(25)22-16/h1,4-5,7-9H,2-3,6H2. The van der Waals surface area contributed by atoms with E-state index < -0.39 is 5.82 Å². The fraction of sp³-hybridized carbons (Fsp3) is 0.176. The normalized spacial score (nSPS) is 14.2. The lowest BCUT2D eigenvalue weighted by Crippen LogP contribution is -2.26. The van der Waals surface area contributed by atoms with Gasteiger partial charge in [-0.2, -0.15) is 4.98 Å². The largest absolute Gasteiger partial charge is 0.325 e. The molecule has 3 aromatic heterocycles. The van der Waals surface area contributed by atoms with E-state index in [4.69, 9.17) is 0 Å². The van der Waals surface area contributed by atoms with E-state index in [-0.39, 0.29) is 0 Å². The van der Waals surface area contributed by atoms with Gasteiger partial charge < -0.3 is 4.90 Å². The molecule has 0 bridgehead atoms. The maximum absolute atomic E-state index is 14.7. The van der Waals surface area contributed by atoms with Crippen molar-refractivity contribution in [3.8, 4) is 0 Å². The summed E-state index contributed by atoms with van der Waals surface area (Å²) in [4.78, 5) is 10.6. The third kappa shape index (κ3) is 2.13. The molecule has 8 heteroatoms. The first-order valence-corrected chi connectivity index (χ1v) is 8.71. The number of benzene rings is 1. The molecule has 0 atom stereocenters. The number of aromatic nitrogens is 5. The summed E-state index contributed by atoms with van der Waals surface area (Å²) in [5.41, 5.74) is 2.85. The van der Waals surface area contributed by atoms with Gasteiger partial charge in [-0.25, -0.2) is 4.39 Å². The molecule has 0 N–H and O–H groups in total. The molecule has 0 fully saturated rings. The van der Waals surface area contributed by atoms with E-state index in [1.54, 1.807) is 10.6 Å². The molecule has 0 saturated heterocycles. The van der Waals surface area contributed by atoms with Crippen LogP contribution in [0.4, 0.5) is 15.9 Å². The Labute approximate surface area is 150 Å². The Bertz CT molecular complexity index is 1120. The van der Waals surface area contributed by atoms with Gasteiger partial charge in [0.15, 0.2) is 5.82 Å². The van der Waals surface area contributed by atoms with Crippen LogP contribution in [0.25, 0.3) is 16.7 Å². The lowest BCUT2D eigenvalue weighted by molar-refractivity contribution is 0.632. The van der Waals surface area contributed by atoms with Gasteiger partial charge >= 0.3 is 0 Å². The molecule has 1 aliphatic rings. The van der Waals surface area contributed by atoms with E-state index in [0.29, 0.717) is 22.5 Å². The van der Waals surface area contributed by atoms with Gasteiger partial charge in [0.05, 0.1) is 23.3 Å². The number of anilines is 2. The van der Waals surface area contributed by atoms with Crippen LogP contribution in [0.1, 0.15) is 12.0 Å². The molecule has 1 aromatic carbocycles. The Hall–Kier alpha value is -2.61. The number of rotatable bonds is 1. The Morgan fingerprint density at radius 2 is 2.12 bits per heavy atom. The molecule has 0 radical (unpaired) electrons. The number of pyridine rings is 1. The van der Waals surface area contributed by atoms with Crippen LogP contribution in [0.5, 0.6) is 0 Å². The molecular formula is C17H12BrFN6. The van der Waals surface area contributed by atoms with Crippen LogP contribution < -0.4 is 4.90 Å². The summed E-state index contributed by atoms with van der Waals surface area (Å²) in [6, 6.07) is 6.05. The molecule has 124 valence electrons. The molecule has 25 heavy (non-hydrogen) atoms. The van der Waals surface area contributed by atoms with Gasteiger partial charge in [-0.15, -0.1) is 10.2 Å². The van der Waals surface area contributed by atoms with Gasteiger partial charge in [-0.1, -0.05) is 22.0 Å². The van der Waals surface area contributed by atoms with Crippen molar-refractivity contribution in [3.63, 3.8) is 0 Å². The zero-order chi connectivity index (χ0) is 17.0. The summed E-state index contributed by atoms with van der Waals surface area (Å²) < 4.78 is 17.4. The van der Waals surface area contributed by atoms with E-state index in [1.165, 1.54) is 18.1 Å². The summed E-state index contributed by atoms with van der Waals surface area (Å²) in [6.07, 6.45) is 6.29. The van der Waals surface area contributed by atoms with Gasteiger partial charge in [-0.3, -0.25) is 9.38 Å². The maximum atomic E-state index is 14.7. The minimum Gasteiger partial charge on any atom is -0.325 e. The van der Waals surface area contributed by atoms with Crippen molar-refractivity contribution in [1.29, 1.82) is 0 Å². The third-order valence-electron chi connectivity index (χ3n) is 4.55. The number of hydrogen-bond acceptors (Lipinski definition) is 5. The highest BCUT2D eigenvalue weighted by Crippen LogP contribution is 2.39. The molecule has 4 aromatic rings. The van der Waals surface area contributed by atoms with Gasteiger partial charge in [0.1, 0.15) is 12.1 Å². The fourth-order valence-corrected chi connectivity index (χ4v) is 4.01. The number of fused-ring (bicyclic) bond motifs is 4. The van der Waals surface area contributed by atoms with Crippen LogP contribution in [0.15, 0.2) is 41.4 Å². The predicted molar refractivity (Wildman–Crippen MR) is 95.5 cm³/mol. The van der Waals surface area contributed by atoms with E-state index in [9.17, 15) is 4.39 Å². The van der Waals surface area contributed by atoms with E-state index >= 15 is 0 Å². The van der Waals surface area contributed by atoms with Crippen molar-refractivity contribution in [2.24, 2.45) is 0 Å². The van der Waals surface area contributed by atoms with Crippen LogP contribution in [0.3, 0.4) is 0 Å². The zero-order valence-corrected chi connectivity index (χ0v) is 14.6. The van der Waals surface area contributed by atoms with Crippen LogP contribution in [0.2, 0.25) is 0 Å². The molecule has 0 amide bonds. The van der Waals surface area contributed by atoms with Crippen LogP contribution in [-0.4, -0.2) is 31.1 Å². The first-order valence-electron chi connectivity index (χ1n) is 7.92. The Morgan fingerprint density at radius 1 is 1.20 bits per heavy atom. The van der Waals surface area contributed by atoms with Gasteiger partial charge in [-0.05, 0) is 30.5 Å². The topological polar surface area (TPSA) is 59.2 Å². The van der Waals surface area contributed by atoms with Crippen LogP contribution in [0, 0.1) is 5.82 Å². The minimum absolute atomic E-state index is 0.405. The summed E-state index contributed by atoms with van der Waals surface area (Å²) in [7, 11) is 0. The van der Waals surface area contributed by atoms with Crippen molar-refractivity contribution in [2.75, 3.05) is 11.4 Å². The molecule has 0 saturated carbocycles. The Kier molecular flexibility index (Phi) is 3.21. The van der Waals surface area contributed by atoms with Gasteiger partial charge in [0.2, 0.25) is 0 Å². The molecule has 0 aliphatic carbocycles. The number of hydrogen-bond donors (Lipinski definition) is 0. The molecule has 1 aliphatic heterocycles. The van der Waals surface area contributed by atoms with Crippen LogP contribution >= 0.6 is 15.9 Å². The fourth-order valence-electron chi connectivity index (χ4n) is 3.45. The lowest BCUT2D eigenvalue weighted by atomic mass is 10.0. The van der Waals surface area contributed by atoms with Crippen LogP contribution in [-0.2, 0) is 6.42 Å². The third-order valence-corrected chi connectivity index (χ3v) is 5.29. The second-order valence-corrected chi connectivity index (χ2v) is 6.80. The highest BCUT2D eigenvalue weighted by Gasteiger charge is 2.25. The lowest BCUT2D eigenvalue weighted by Gasteiger charge is -2.31. The van der Waals surface area contributed by atoms with E-state index in [2.05, 4.69) is 41.0 Å². The molecule has 5 rings (SSSR count). The smallest absolute Gasteiger partial charge is 0.257 e. The summed E-state index contributed by atoms with van der Waals surface area (Å²) in [5, 5.41) is 8.37. The van der Waals surface area contributed by atoms with Gasteiger partial charge in [0, 0.05) is 16.7 Å². The van der Waals surface area contributed by atoms with Gasteiger partial charge in [0.25, 0.3) is 5.78 Å². The first kappa shape index (κ1) is 14.7. The predicted octanol–water partition coefficient (Wildman–Crippen LogP) is 3.66. The van der Waals surface area contributed by atoms with Crippen molar-refractivity contribution in [2.45, 2.75) is 12.8 Å². The molecule has 6 nitrogen and oxygen atoms in total. The number of nitrogens with zero attached hydrogens (tertiary/aromatic N) is 6. The highest BCUT2D eigenvalue weighted by molar-refractivity contribution is 9.10. The van der Waals surface area contributed by atoms with E-state index in [1.807, 2.05) is 18.2 Å². The Morgan fingerprint density at radius 3 is 3.04 bits per heavy atom. The second kappa shape index (κ2) is 5.45. The SMILES string of the molecule is Fc1cncc2c1c(N1CCCc3c(Br)cccc31)nc1nncn12. The summed E-state index contributed by atoms with van der Waals surface area (Å²) in [5.74, 6) is 0.573. The van der Waals surface area contributed by atoms with E-state index in [0.717, 1.165) is 29.5 Å². The molecule has 0 unspecified atom stereocenters. The first-order chi connectivity index (χ1) is 12.2. The van der Waals surface area contributed by atoms with Crippen molar-refractivity contribution in [3.05, 3.63) is 52.8 Å². The van der Waals surface area contributed by atoms with Crippen molar-refractivity contribution >= 4 is 44.1 Å². The molecule has 4 heterocycles. The van der Waals surface area contributed by atoms with Crippen molar-refractivity contribution in [1.82, 2.24) is 24.6 Å². The minimum atomic E-state index is -0.405. The highest BCUT2D eigenvalue weighted by atomic mass is 79.9. The van der Waals surface area contributed by atoms with Crippen molar-refractivity contribution < 1.29 is 4.39 Å². The maximum Gasteiger partial charge on any atom is 0.257 e. The average molecular weight is 399 g/mol. The second-order valence-electron chi connectivity index (χ2n) is 5.94. The number of halogens is 2. The quantitative estimate of drug-likeness (QED) is 0.489. The molecule has 0 spiro atoms. The summed E-state index contributed by atoms with van der Waals surface area (Å²) in [6.45, 7) is 0.762. The average Bonchev–Trinajstić information content (AvgIpc) is 3.10. The zero-order valence-electron chi connectivity index (χ0n) is 13.0. The molecular weight excluding hydrogens is 387 g/mol. The Balaban J connectivity index is 1.86. The summed E-state index contributed by atoms with van der Waals surface area (Å²) >= 11 is 3.62. The monoisotopic (exact) mass is 398 g/mol.